The van der Waals surface area contributed by atoms with Crippen molar-refractivity contribution in [2.75, 3.05) is 39.6 Å². The lowest BCUT2D eigenvalue weighted by Crippen LogP contribution is -2.30. The molecule has 0 aliphatic rings. The van der Waals surface area contributed by atoms with E-state index in [-0.39, 0.29) is 19.3 Å². The van der Waals surface area contributed by atoms with E-state index in [0.717, 1.165) is 141 Å². The van der Waals surface area contributed by atoms with Crippen LogP contribution in [-0.2, 0) is 55.8 Å². The number of esters is 3. The van der Waals surface area contributed by atoms with Crippen LogP contribution in [0.2, 0.25) is 0 Å². The number of phosphoric ester groups is 2. The fraction of sp³-hybridized carbons (Fsp3) is 0.747. The largest absolute Gasteiger partial charge is 0.472 e. The molecule has 16 nitrogen and oxygen atoms in total. The third-order valence-corrected chi connectivity index (χ3v) is 20.5. The Morgan fingerprint density at radius 3 is 0.725 bits per heavy atom. The predicted molar refractivity (Wildman–Crippen MR) is 454 cm³/mol. The molecule has 630 valence electrons. The molecule has 0 aromatic heterocycles. The zero-order valence-corrected chi connectivity index (χ0v) is 71.0. The molecule has 0 aromatic rings. The molecule has 0 rings (SSSR count). The molecule has 0 amide bonds. The van der Waals surface area contributed by atoms with Crippen LogP contribution in [0.1, 0.15) is 380 Å². The molecule has 0 bridgehead atoms. The number of allylic oxidation sites excluding steroid dienone is 20. The number of hydrogen-bond donors (Lipinski definition) is 4. The van der Waals surface area contributed by atoms with E-state index in [1.807, 2.05) is 0 Å². The number of aliphatic hydroxyl groups excluding tert-OH is 2. The van der Waals surface area contributed by atoms with Crippen molar-refractivity contribution >= 4 is 33.6 Å². The number of rotatable bonds is 83. The van der Waals surface area contributed by atoms with E-state index in [9.17, 15) is 43.5 Å². The number of phosphoric acid groups is 2. The summed E-state index contributed by atoms with van der Waals surface area (Å²) >= 11 is 0. The minimum absolute atomic E-state index is 0.0880. The van der Waals surface area contributed by atoms with E-state index in [2.05, 4.69) is 142 Å². The molecule has 5 atom stereocenters. The van der Waals surface area contributed by atoms with E-state index >= 15 is 0 Å². The van der Waals surface area contributed by atoms with Crippen molar-refractivity contribution in [2.45, 2.75) is 399 Å². The molecule has 0 aliphatic heterocycles. The van der Waals surface area contributed by atoms with Crippen LogP contribution < -0.4 is 0 Å². The molecule has 0 aromatic carbocycles. The van der Waals surface area contributed by atoms with Gasteiger partial charge in [0, 0.05) is 19.3 Å². The third-order valence-electron chi connectivity index (χ3n) is 18.6. The van der Waals surface area contributed by atoms with Crippen LogP contribution in [0.4, 0.5) is 0 Å². The van der Waals surface area contributed by atoms with E-state index in [4.69, 9.17) is 32.3 Å². The lowest BCUT2D eigenvalue weighted by Gasteiger charge is -2.21. The van der Waals surface area contributed by atoms with Crippen molar-refractivity contribution in [1.82, 2.24) is 0 Å². The summed E-state index contributed by atoms with van der Waals surface area (Å²) in [5, 5.41) is 20.7. The standard InChI is InChI=1S/C91H160O16P2/c1-4-7-10-13-16-19-22-25-28-30-32-34-36-38-40-42-44-46-48-50-52-54-57-59-62-65-68-71-74-77-89(94)101-80-86(92)81-103-108(97,98)104-82-87(93)83-105-109(99,100)106-85-88(107-91(96)79-76-73-70-67-64-61-56-27-24-21-18-15-12-9-6-3)84-102-90(95)78-75-72-69-66-63-60-58-55-53-51-49-47-45-43-41-39-37-35-33-31-29-26-23-20-17-14-11-8-5-2/h16-21,25-29,32-35,38-41,56,86-88,92-93H,4-15,22-24,30-31,36-37,42-55,57-85H2,1-3H3,(H,97,98)(H,99,100)/b19-16-,20-17-,21-18-,28-25-,29-26-,34-32-,35-33-,40-38-,41-39-,56-27-. The maximum Gasteiger partial charge on any atom is 0.472 e. The zero-order valence-electron chi connectivity index (χ0n) is 69.2. The maximum atomic E-state index is 13.0. The number of ether oxygens (including phenoxy) is 3. The Hall–Kier alpha value is -4.05. The van der Waals surface area contributed by atoms with Gasteiger partial charge in [-0.25, -0.2) is 9.13 Å². The number of carbonyl (C=O) groups excluding carboxylic acids is 3. The van der Waals surface area contributed by atoms with Crippen LogP contribution in [0.3, 0.4) is 0 Å². The van der Waals surface area contributed by atoms with Crippen molar-refractivity contribution in [1.29, 1.82) is 0 Å². The quantitative estimate of drug-likeness (QED) is 0.0146. The Morgan fingerprint density at radius 1 is 0.257 bits per heavy atom. The average Bonchev–Trinajstić information content (AvgIpc) is 0.903. The number of aliphatic hydroxyl groups is 2. The molecule has 109 heavy (non-hydrogen) atoms. The topological polar surface area (TPSA) is 231 Å². The number of unbranched alkanes of at least 4 members (excludes halogenated alkanes) is 40. The van der Waals surface area contributed by atoms with Crippen LogP contribution in [0, 0.1) is 0 Å². The molecular weight excluding hydrogens is 1410 g/mol. The van der Waals surface area contributed by atoms with Gasteiger partial charge >= 0.3 is 33.6 Å². The molecule has 5 unspecified atom stereocenters. The molecular formula is C91H160O16P2. The molecule has 0 radical (unpaired) electrons. The summed E-state index contributed by atoms with van der Waals surface area (Å²) in [4.78, 5) is 58.8. The second-order valence-corrected chi connectivity index (χ2v) is 32.2. The van der Waals surface area contributed by atoms with Gasteiger partial charge in [0.05, 0.1) is 26.4 Å². The normalized spacial score (nSPS) is 14.4. The minimum Gasteiger partial charge on any atom is -0.463 e. The number of carbonyl (C=O) groups is 3. The van der Waals surface area contributed by atoms with Crippen molar-refractivity contribution in [2.24, 2.45) is 0 Å². The van der Waals surface area contributed by atoms with Gasteiger partial charge in [-0.3, -0.25) is 32.5 Å². The predicted octanol–water partition coefficient (Wildman–Crippen LogP) is 26.4. The first-order chi connectivity index (χ1) is 53.2. The molecule has 18 heteroatoms. The van der Waals surface area contributed by atoms with Gasteiger partial charge in [0.25, 0.3) is 0 Å². The fourth-order valence-electron chi connectivity index (χ4n) is 11.9. The Bertz CT molecular complexity index is 2460. The SMILES string of the molecule is CCCCC/C=C\C/C=C\C/C=C\C/C=C\CCCCCCCCCCCCCCCC(=O)OCC(O)COP(=O)(O)OCC(O)COP(=O)(O)OCC(COC(=O)CCCCCCCCCCCCCCC/C=C\C/C=C\C/C=C\C/C=C\CCCCC)OC(=O)CCCCCCC/C=C\C/C=C\CCCCC. The second-order valence-electron chi connectivity index (χ2n) is 29.3. The van der Waals surface area contributed by atoms with E-state index in [1.54, 1.807) is 0 Å². The lowest BCUT2D eigenvalue weighted by atomic mass is 10.0. The maximum absolute atomic E-state index is 13.0. The molecule has 0 fully saturated rings. The van der Waals surface area contributed by atoms with Gasteiger partial charge in [0.15, 0.2) is 6.10 Å². The molecule has 0 heterocycles. The summed E-state index contributed by atoms with van der Waals surface area (Å²) in [5.41, 5.74) is 0. The van der Waals surface area contributed by atoms with E-state index < -0.39 is 91.5 Å². The first kappa shape index (κ1) is 105. The smallest absolute Gasteiger partial charge is 0.463 e. The monoisotopic (exact) mass is 1570 g/mol. The van der Waals surface area contributed by atoms with Gasteiger partial charge < -0.3 is 34.2 Å². The van der Waals surface area contributed by atoms with Crippen molar-refractivity contribution in [3.63, 3.8) is 0 Å². The molecule has 0 spiro atoms. The highest BCUT2D eigenvalue weighted by Crippen LogP contribution is 2.45. The minimum atomic E-state index is -4.94. The summed E-state index contributed by atoms with van der Waals surface area (Å²) in [5.74, 6) is -1.58. The first-order valence-electron chi connectivity index (χ1n) is 43.8. The Kier molecular flexibility index (Phi) is 80.3. The highest BCUT2D eigenvalue weighted by Gasteiger charge is 2.29. The Morgan fingerprint density at radius 2 is 0.459 bits per heavy atom. The van der Waals surface area contributed by atoms with Crippen molar-refractivity contribution in [3.8, 4) is 0 Å². The first-order valence-corrected chi connectivity index (χ1v) is 46.8. The van der Waals surface area contributed by atoms with Crippen LogP contribution in [0.25, 0.3) is 0 Å². The summed E-state index contributed by atoms with van der Waals surface area (Å²) in [6.45, 7) is 2.63. The molecule has 4 N–H and O–H groups in total. The van der Waals surface area contributed by atoms with Gasteiger partial charge in [-0.2, -0.15) is 0 Å². The summed E-state index contributed by atoms with van der Waals surface area (Å²) < 4.78 is 61.3. The van der Waals surface area contributed by atoms with Crippen LogP contribution in [0.5, 0.6) is 0 Å². The summed E-state index contributed by atoms with van der Waals surface area (Å²) in [7, 11) is -9.80. The fourth-order valence-corrected chi connectivity index (χ4v) is 13.5. The molecule has 0 saturated carbocycles. The van der Waals surface area contributed by atoms with Gasteiger partial charge in [-0.05, 0) is 141 Å². The third kappa shape index (κ3) is 84.7. The number of hydrogen-bond acceptors (Lipinski definition) is 14. The van der Waals surface area contributed by atoms with Crippen molar-refractivity contribution < 1.29 is 75.8 Å². The molecule has 0 aliphatic carbocycles. The van der Waals surface area contributed by atoms with Gasteiger partial charge in [0.1, 0.15) is 25.4 Å². The average molecular weight is 1570 g/mol. The van der Waals surface area contributed by atoms with E-state index in [1.165, 1.54) is 180 Å². The second kappa shape index (κ2) is 83.4. The summed E-state index contributed by atoms with van der Waals surface area (Å²) in [6.07, 6.45) is 101. The zero-order chi connectivity index (χ0) is 79.4. The highest BCUT2D eigenvalue weighted by molar-refractivity contribution is 7.47. The van der Waals surface area contributed by atoms with Gasteiger partial charge in [-0.15, -0.1) is 0 Å². The van der Waals surface area contributed by atoms with Gasteiger partial charge in [-0.1, -0.05) is 341 Å². The Labute approximate surface area is 665 Å². The Balaban J connectivity index is 4.51. The highest BCUT2D eigenvalue weighted by atomic mass is 31.2. The van der Waals surface area contributed by atoms with Crippen LogP contribution >= 0.6 is 15.6 Å². The lowest BCUT2D eigenvalue weighted by molar-refractivity contribution is -0.161. The van der Waals surface area contributed by atoms with Crippen LogP contribution in [0.15, 0.2) is 122 Å². The van der Waals surface area contributed by atoms with E-state index in [0.29, 0.717) is 19.3 Å². The summed E-state index contributed by atoms with van der Waals surface area (Å²) in [6, 6.07) is 0. The van der Waals surface area contributed by atoms with Crippen LogP contribution in [-0.4, -0.2) is 95.9 Å². The molecule has 0 saturated heterocycles. The van der Waals surface area contributed by atoms with Gasteiger partial charge in [0.2, 0.25) is 0 Å². The van der Waals surface area contributed by atoms with Crippen molar-refractivity contribution in [3.05, 3.63) is 122 Å².